The van der Waals surface area contributed by atoms with E-state index in [4.69, 9.17) is 9.26 Å². The van der Waals surface area contributed by atoms with Gasteiger partial charge in [0.2, 0.25) is 15.9 Å². The topological polar surface area (TPSA) is 93.0 Å². The first-order valence-electron chi connectivity index (χ1n) is 12.1. The lowest BCUT2D eigenvalue weighted by molar-refractivity contribution is -0.123. The van der Waals surface area contributed by atoms with Crippen molar-refractivity contribution in [2.24, 2.45) is 5.92 Å². The zero-order valence-corrected chi connectivity index (χ0v) is 21.9. The van der Waals surface area contributed by atoms with Gasteiger partial charge in [-0.1, -0.05) is 23.4 Å². The van der Waals surface area contributed by atoms with Crippen molar-refractivity contribution in [2.75, 3.05) is 31.6 Å². The number of aryl methyl sites for hydroxylation is 1. The average molecular weight is 528 g/mol. The molecule has 2 aromatic carbocycles. The second-order valence-electron chi connectivity index (χ2n) is 8.78. The van der Waals surface area contributed by atoms with E-state index in [0.717, 1.165) is 5.69 Å². The molecule has 0 unspecified atom stereocenters. The summed E-state index contributed by atoms with van der Waals surface area (Å²) >= 11 is 0. The Morgan fingerprint density at radius 3 is 2.46 bits per heavy atom. The SMILES string of the molecule is CCN(C(=O)C1CCN(S(=O)(=O)c2c(C)noc2C=Cc2ccccc2F)CC1)c1ccc(OC)cc1. The van der Waals surface area contributed by atoms with Crippen LogP contribution < -0.4 is 9.64 Å². The molecule has 1 amide bonds. The van der Waals surface area contributed by atoms with Crippen LogP contribution in [0, 0.1) is 18.7 Å². The number of methoxy groups -OCH3 is 1. The van der Waals surface area contributed by atoms with Gasteiger partial charge in [-0.15, -0.1) is 0 Å². The van der Waals surface area contributed by atoms with Gasteiger partial charge in [0.05, 0.1) is 7.11 Å². The molecule has 0 N–H and O–H groups in total. The molecule has 2 heterocycles. The molecular formula is C27H30FN3O5S. The van der Waals surface area contributed by atoms with E-state index >= 15 is 0 Å². The highest BCUT2D eigenvalue weighted by Crippen LogP contribution is 2.31. The Morgan fingerprint density at radius 1 is 1.16 bits per heavy atom. The molecule has 1 aliphatic rings. The summed E-state index contributed by atoms with van der Waals surface area (Å²) in [6, 6.07) is 13.5. The Labute approximate surface area is 216 Å². The summed E-state index contributed by atoms with van der Waals surface area (Å²) in [5.41, 5.74) is 1.30. The van der Waals surface area contributed by atoms with Crippen LogP contribution in [0.5, 0.6) is 5.75 Å². The number of hydrogen-bond acceptors (Lipinski definition) is 6. The van der Waals surface area contributed by atoms with Gasteiger partial charge in [0, 0.05) is 36.8 Å². The number of nitrogens with zero attached hydrogens (tertiary/aromatic N) is 3. The summed E-state index contributed by atoms with van der Waals surface area (Å²) in [4.78, 5) is 15.0. The van der Waals surface area contributed by atoms with E-state index in [2.05, 4.69) is 5.16 Å². The molecule has 8 nitrogen and oxygen atoms in total. The molecule has 1 saturated heterocycles. The smallest absolute Gasteiger partial charge is 0.248 e. The summed E-state index contributed by atoms with van der Waals surface area (Å²) in [5, 5.41) is 3.84. The van der Waals surface area contributed by atoms with Gasteiger partial charge in [0.15, 0.2) is 10.7 Å². The van der Waals surface area contributed by atoms with Crippen LogP contribution in [0.15, 0.2) is 57.9 Å². The first kappa shape index (κ1) is 26.6. The van der Waals surface area contributed by atoms with Crippen LogP contribution >= 0.6 is 0 Å². The van der Waals surface area contributed by atoms with Gasteiger partial charge in [-0.2, -0.15) is 4.31 Å². The van der Waals surface area contributed by atoms with Crippen LogP contribution in [0.3, 0.4) is 0 Å². The monoisotopic (exact) mass is 527 g/mol. The van der Waals surface area contributed by atoms with Crippen LogP contribution in [-0.2, 0) is 14.8 Å². The number of ether oxygens (including phenoxy) is 1. The Hall–Kier alpha value is -3.50. The average Bonchev–Trinajstić information content (AvgIpc) is 3.30. The van der Waals surface area contributed by atoms with E-state index < -0.39 is 15.8 Å². The quantitative estimate of drug-likeness (QED) is 0.420. The van der Waals surface area contributed by atoms with Crippen LogP contribution in [0.25, 0.3) is 12.2 Å². The Kier molecular flexibility index (Phi) is 8.09. The van der Waals surface area contributed by atoms with Crippen molar-refractivity contribution in [1.82, 2.24) is 9.46 Å². The van der Waals surface area contributed by atoms with Gasteiger partial charge in [-0.05, 0) is 69.2 Å². The van der Waals surface area contributed by atoms with Crippen molar-refractivity contribution in [1.29, 1.82) is 0 Å². The van der Waals surface area contributed by atoms with Gasteiger partial charge in [0.1, 0.15) is 17.3 Å². The van der Waals surface area contributed by atoms with Crippen molar-refractivity contribution < 1.29 is 26.9 Å². The molecule has 0 aliphatic carbocycles. The summed E-state index contributed by atoms with van der Waals surface area (Å²) in [6.45, 7) is 4.36. The van der Waals surface area contributed by atoms with Crippen LogP contribution in [0.4, 0.5) is 10.1 Å². The number of rotatable bonds is 8. The van der Waals surface area contributed by atoms with Gasteiger partial charge < -0.3 is 14.2 Å². The van der Waals surface area contributed by atoms with Gasteiger partial charge in [-0.25, -0.2) is 12.8 Å². The minimum Gasteiger partial charge on any atom is -0.497 e. The van der Waals surface area contributed by atoms with Crippen LogP contribution in [0.2, 0.25) is 0 Å². The van der Waals surface area contributed by atoms with E-state index in [1.54, 1.807) is 49.3 Å². The number of halogens is 1. The molecule has 196 valence electrons. The fourth-order valence-electron chi connectivity index (χ4n) is 4.49. The fraction of sp³-hybridized carbons (Fsp3) is 0.333. The predicted molar refractivity (Wildman–Crippen MR) is 139 cm³/mol. The lowest BCUT2D eigenvalue weighted by Gasteiger charge is -2.33. The van der Waals surface area contributed by atoms with Crippen LogP contribution in [-0.4, -0.2) is 50.5 Å². The number of anilines is 1. The predicted octanol–water partition coefficient (Wildman–Crippen LogP) is 4.75. The Balaban J connectivity index is 1.47. The van der Waals surface area contributed by atoms with Gasteiger partial charge in [-0.3, -0.25) is 4.79 Å². The van der Waals surface area contributed by atoms with Crippen molar-refractivity contribution in [3.63, 3.8) is 0 Å². The molecule has 0 radical (unpaired) electrons. The van der Waals surface area contributed by atoms with E-state index in [1.165, 1.54) is 22.5 Å². The van der Waals surface area contributed by atoms with E-state index in [1.807, 2.05) is 19.1 Å². The molecule has 1 aliphatic heterocycles. The Morgan fingerprint density at radius 2 is 1.84 bits per heavy atom. The summed E-state index contributed by atoms with van der Waals surface area (Å²) < 4.78 is 52.9. The number of carbonyl (C=O) groups is 1. The maximum atomic E-state index is 14.0. The van der Waals surface area contributed by atoms with Crippen molar-refractivity contribution in [2.45, 2.75) is 31.6 Å². The third kappa shape index (κ3) is 5.60. The van der Waals surface area contributed by atoms with Crippen molar-refractivity contribution >= 4 is 33.8 Å². The summed E-state index contributed by atoms with van der Waals surface area (Å²) in [5.74, 6) is -0.00712. The molecule has 10 heteroatoms. The molecule has 1 fully saturated rings. The third-order valence-electron chi connectivity index (χ3n) is 6.52. The standard InChI is InChI=1S/C27H30FN3O5S/c1-4-31(22-10-12-23(35-3)13-11-22)27(32)21-15-17-30(18-16-21)37(33,34)26-19(2)29-36-25(26)14-9-20-7-5-6-8-24(20)28/h5-14,21H,4,15-18H2,1-3H3. The highest BCUT2D eigenvalue weighted by atomic mass is 32.2. The van der Waals surface area contributed by atoms with E-state index in [9.17, 15) is 17.6 Å². The first-order valence-corrected chi connectivity index (χ1v) is 13.5. The van der Waals surface area contributed by atoms with Gasteiger partial charge >= 0.3 is 0 Å². The molecule has 0 saturated carbocycles. The normalized spacial score (nSPS) is 15.2. The lowest BCUT2D eigenvalue weighted by atomic mass is 9.96. The minimum absolute atomic E-state index is 0.0283. The van der Waals surface area contributed by atoms with Crippen LogP contribution in [0.1, 0.15) is 36.8 Å². The molecule has 0 spiro atoms. The summed E-state index contributed by atoms with van der Waals surface area (Å²) in [7, 11) is -2.35. The minimum atomic E-state index is -3.94. The fourth-order valence-corrected chi connectivity index (χ4v) is 6.21. The van der Waals surface area contributed by atoms with Gasteiger partial charge in [0.25, 0.3) is 0 Å². The molecule has 0 atom stereocenters. The molecule has 37 heavy (non-hydrogen) atoms. The molecule has 3 aromatic rings. The first-order chi connectivity index (χ1) is 17.8. The molecule has 4 rings (SSSR count). The largest absolute Gasteiger partial charge is 0.497 e. The number of carbonyl (C=O) groups excluding carboxylic acids is 1. The van der Waals surface area contributed by atoms with Crippen molar-refractivity contribution in [3.05, 3.63) is 71.4 Å². The maximum absolute atomic E-state index is 14.0. The molecule has 0 bridgehead atoms. The number of amides is 1. The lowest BCUT2D eigenvalue weighted by Crippen LogP contribution is -2.44. The van der Waals surface area contributed by atoms with Crippen molar-refractivity contribution in [3.8, 4) is 5.75 Å². The number of aromatic nitrogens is 1. The molecule has 1 aromatic heterocycles. The number of hydrogen-bond donors (Lipinski definition) is 0. The second kappa shape index (κ2) is 11.3. The zero-order valence-electron chi connectivity index (χ0n) is 21.1. The van der Waals surface area contributed by atoms with E-state index in [-0.39, 0.29) is 41.3 Å². The second-order valence-corrected chi connectivity index (χ2v) is 10.6. The highest BCUT2D eigenvalue weighted by Gasteiger charge is 2.37. The zero-order chi connectivity index (χ0) is 26.6. The molecular weight excluding hydrogens is 497 g/mol. The number of sulfonamides is 1. The third-order valence-corrected chi connectivity index (χ3v) is 8.58. The summed E-state index contributed by atoms with van der Waals surface area (Å²) in [6.07, 6.45) is 3.66. The number of benzene rings is 2. The van der Waals surface area contributed by atoms with E-state index in [0.29, 0.717) is 30.7 Å². The highest BCUT2D eigenvalue weighted by molar-refractivity contribution is 7.89. The maximum Gasteiger partial charge on any atom is 0.248 e. The Bertz CT molecular complexity index is 1380. The number of piperidine rings is 1.